The van der Waals surface area contributed by atoms with E-state index in [9.17, 15) is 0 Å². The Kier molecular flexibility index (Phi) is 39.4. The summed E-state index contributed by atoms with van der Waals surface area (Å²) in [6.45, 7) is -0.454. The summed E-state index contributed by atoms with van der Waals surface area (Å²) >= 11 is 0. The first-order chi connectivity index (χ1) is 12.9. The highest BCUT2D eigenvalue weighted by molar-refractivity contribution is 5.40. The lowest BCUT2D eigenvalue weighted by Crippen LogP contribution is -2.02. The number of rotatable bonds is 6. The number of benzene rings is 1. The van der Waals surface area contributed by atoms with Crippen LogP contribution in [0.3, 0.4) is 0 Å². The van der Waals surface area contributed by atoms with E-state index in [1.54, 1.807) is 6.07 Å². The van der Waals surface area contributed by atoms with Crippen LogP contribution in [0, 0.1) is 0 Å². The van der Waals surface area contributed by atoms with E-state index in [2.05, 4.69) is 0 Å². The predicted molar refractivity (Wildman–Crippen MR) is 99.2 cm³/mol. The molecule has 0 saturated heterocycles. The lowest BCUT2D eigenvalue weighted by Gasteiger charge is -2.00. The van der Waals surface area contributed by atoms with Gasteiger partial charge < -0.3 is 56.8 Å². The molecule has 1 aromatic carbocycles. The van der Waals surface area contributed by atoms with E-state index in [4.69, 9.17) is 56.8 Å². The van der Waals surface area contributed by atoms with Gasteiger partial charge in [0.15, 0.2) is 11.5 Å². The molecule has 0 unspecified atom stereocenters. The average Bonchev–Trinajstić information content (AvgIpc) is 2.71. The van der Waals surface area contributed by atoms with Crippen LogP contribution in [-0.2, 0) is 6.42 Å². The van der Waals surface area contributed by atoms with Crippen LogP contribution in [0.5, 0.6) is 11.5 Å². The van der Waals surface area contributed by atoms with Crippen molar-refractivity contribution < 1.29 is 51.1 Å². The number of aliphatic hydroxyl groups is 8. The van der Waals surface area contributed by atoms with Crippen molar-refractivity contribution in [3.63, 3.8) is 0 Å². The van der Waals surface area contributed by atoms with Gasteiger partial charge in [0.25, 0.3) is 0 Å². The van der Waals surface area contributed by atoms with E-state index in [1.165, 1.54) is 12.1 Å². The first-order valence-corrected chi connectivity index (χ1v) is 7.98. The van der Waals surface area contributed by atoms with E-state index >= 15 is 0 Å². The topological polar surface area (TPSA) is 228 Å². The molecule has 0 amide bonds. The minimum atomic E-state index is -0.125. The molecular formula is C16H35NO10. The minimum Gasteiger partial charge on any atom is -0.504 e. The number of aromatic hydroxyl groups is 2. The Hall–Kier alpha value is -1.54. The third kappa shape index (κ3) is 36.2. The summed E-state index contributed by atoms with van der Waals surface area (Å²) < 4.78 is 0. The van der Waals surface area contributed by atoms with Gasteiger partial charge in [-0.25, -0.2) is 0 Å². The standard InChI is InChI=1S/C8H11NO2.4C2H6O2/c9-4-3-6-1-2-7(10)8(11)5-6;4*3-1-2-4/h1-2,5,10-11H,3-4,9H2;4*3-4H,1-2H2. The Labute approximate surface area is 158 Å². The van der Waals surface area contributed by atoms with E-state index in [1.807, 2.05) is 0 Å². The van der Waals surface area contributed by atoms with Crippen molar-refractivity contribution in [1.82, 2.24) is 0 Å². The number of hydrogen-bond acceptors (Lipinski definition) is 11. The summed E-state index contributed by atoms with van der Waals surface area (Å²) in [4.78, 5) is 0. The lowest BCUT2D eigenvalue weighted by atomic mass is 10.1. The van der Waals surface area contributed by atoms with Gasteiger partial charge in [0.1, 0.15) is 0 Å². The second-order valence-electron chi connectivity index (χ2n) is 4.15. The number of phenolic OH excluding ortho intramolecular Hbond substituents is 2. The van der Waals surface area contributed by atoms with Gasteiger partial charge in [0.2, 0.25) is 0 Å². The number of nitrogens with two attached hydrogens (primary N) is 1. The molecule has 0 aliphatic heterocycles. The van der Waals surface area contributed by atoms with Crippen LogP contribution in [0.1, 0.15) is 5.56 Å². The maximum Gasteiger partial charge on any atom is 0.157 e. The fourth-order valence-electron chi connectivity index (χ4n) is 0.891. The maximum atomic E-state index is 9.04. The molecule has 0 radical (unpaired) electrons. The third-order valence-electron chi connectivity index (χ3n) is 1.87. The zero-order valence-electron chi connectivity index (χ0n) is 15.4. The number of hydrogen-bond donors (Lipinski definition) is 11. The first-order valence-electron chi connectivity index (χ1n) is 7.98. The molecule has 11 nitrogen and oxygen atoms in total. The molecule has 0 saturated carbocycles. The molecule has 11 heteroatoms. The first kappa shape index (κ1) is 33.1. The van der Waals surface area contributed by atoms with Gasteiger partial charge in [0.05, 0.1) is 52.9 Å². The Morgan fingerprint density at radius 2 is 0.889 bits per heavy atom. The monoisotopic (exact) mass is 401 g/mol. The summed E-state index contributed by atoms with van der Waals surface area (Å²) in [5.41, 5.74) is 6.24. The summed E-state index contributed by atoms with van der Waals surface area (Å²) in [5, 5.41) is 79.0. The molecule has 0 aliphatic rings. The summed E-state index contributed by atoms with van der Waals surface area (Å²) in [6.07, 6.45) is 0.716. The van der Waals surface area contributed by atoms with Crippen LogP contribution in [0.25, 0.3) is 0 Å². The summed E-state index contributed by atoms with van der Waals surface area (Å²) in [6, 6.07) is 4.71. The Bertz CT molecular complexity index is 345. The quantitative estimate of drug-likeness (QED) is 0.209. The van der Waals surface area contributed by atoms with Gasteiger partial charge in [-0.15, -0.1) is 0 Å². The van der Waals surface area contributed by atoms with Crippen LogP contribution in [0.15, 0.2) is 18.2 Å². The molecule has 0 fully saturated rings. The van der Waals surface area contributed by atoms with Crippen molar-refractivity contribution in [3.05, 3.63) is 23.8 Å². The molecule has 1 rings (SSSR count). The minimum absolute atomic E-state index is 0.0871. The van der Waals surface area contributed by atoms with Crippen molar-refractivity contribution in [2.75, 3.05) is 59.4 Å². The van der Waals surface area contributed by atoms with E-state index in [0.29, 0.717) is 13.0 Å². The van der Waals surface area contributed by atoms with Gasteiger partial charge in [-0.05, 0) is 30.7 Å². The molecule has 0 heterocycles. The second kappa shape index (κ2) is 32.2. The number of phenols is 2. The SMILES string of the molecule is NCCc1ccc(O)c(O)c1.OCCO.OCCO.OCCO.OCCO. The molecule has 1 aromatic rings. The Morgan fingerprint density at radius 1 is 0.556 bits per heavy atom. The Balaban J connectivity index is -0.000000139. The van der Waals surface area contributed by atoms with Gasteiger partial charge in [-0.1, -0.05) is 6.07 Å². The summed E-state index contributed by atoms with van der Waals surface area (Å²) in [7, 11) is 0. The van der Waals surface area contributed by atoms with E-state index < -0.39 is 0 Å². The second-order valence-corrected chi connectivity index (χ2v) is 4.15. The molecule has 0 atom stereocenters. The normalized spacial score (nSPS) is 8.48. The van der Waals surface area contributed by atoms with Crippen molar-refractivity contribution in [2.45, 2.75) is 6.42 Å². The molecule has 0 spiro atoms. The predicted octanol–water partition coefficient (Wildman–Crippen LogP) is -3.52. The lowest BCUT2D eigenvalue weighted by molar-refractivity contribution is 0.186. The van der Waals surface area contributed by atoms with Crippen LogP contribution in [-0.4, -0.2) is 110 Å². The fraction of sp³-hybridized carbons (Fsp3) is 0.625. The zero-order chi connectivity index (χ0) is 21.9. The molecule has 0 aliphatic carbocycles. The van der Waals surface area contributed by atoms with Gasteiger partial charge >= 0.3 is 0 Å². The van der Waals surface area contributed by atoms with Gasteiger partial charge in [0, 0.05) is 0 Å². The molecule has 27 heavy (non-hydrogen) atoms. The van der Waals surface area contributed by atoms with Gasteiger partial charge in [-0.3, -0.25) is 0 Å². The number of aliphatic hydroxyl groups excluding tert-OH is 8. The van der Waals surface area contributed by atoms with Crippen molar-refractivity contribution in [2.24, 2.45) is 5.73 Å². The molecule has 12 N–H and O–H groups in total. The van der Waals surface area contributed by atoms with E-state index in [-0.39, 0.29) is 64.4 Å². The maximum absolute atomic E-state index is 9.04. The van der Waals surface area contributed by atoms with Crippen molar-refractivity contribution in [3.8, 4) is 11.5 Å². The molecule has 0 bridgehead atoms. The van der Waals surface area contributed by atoms with Crippen molar-refractivity contribution >= 4 is 0 Å². The van der Waals surface area contributed by atoms with E-state index in [0.717, 1.165) is 5.56 Å². The van der Waals surface area contributed by atoms with Crippen LogP contribution in [0.4, 0.5) is 0 Å². The zero-order valence-corrected chi connectivity index (χ0v) is 15.4. The fourth-order valence-corrected chi connectivity index (χ4v) is 0.891. The van der Waals surface area contributed by atoms with Crippen LogP contribution < -0.4 is 5.73 Å². The highest BCUT2D eigenvalue weighted by Gasteiger charge is 1.98. The smallest absolute Gasteiger partial charge is 0.157 e. The highest BCUT2D eigenvalue weighted by atomic mass is 16.3. The molecular weight excluding hydrogens is 366 g/mol. The molecule has 0 aromatic heterocycles. The van der Waals surface area contributed by atoms with Crippen LogP contribution >= 0.6 is 0 Å². The van der Waals surface area contributed by atoms with Gasteiger partial charge in [-0.2, -0.15) is 0 Å². The average molecular weight is 401 g/mol. The largest absolute Gasteiger partial charge is 0.504 e. The highest BCUT2D eigenvalue weighted by Crippen LogP contribution is 2.24. The molecule has 164 valence electrons. The van der Waals surface area contributed by atoms with Crippen molar-refractivity contribution in [1.29, 1.82) is 0 Å². The Morgan fingerprint density at radius 3 is 1.11 bits per heavy atom. The third-order valence-corrected chi connectivity index (χ3v) is 1.87. The summed E-state index contributed by atoms with van der Waals surface area (Å²) in [5.74, 6) is -0.179. The van der Waals surface area contributed by atoms with Crippen LogP contribution in [0.2, 0.25) is 0 Å².